The predicted octanol–water partition coefficient (Wildman–Crippen LogP) is -6.80. The minimum Gasteiger partial charge on any atom is -0.481 e. The number of carboxylic acid groups (broad SMARTS) is 1. The van der Waals surface area contributed by atoms with E-state index in [4.69, 9.17) is 53.5 Å². The van der Waals surface area contributed by atoms with Crippen LogP contribution in [0, 0.1) is 0 Å². The number of nitrogens with one attached hydrogen (secondary N) is 2. The normalized spacial score (nSPS) is 41.6. The zero-order valence-corrected chi connectivity index (χ0v) is 34.4. The molecule has 2 amide bonds. The zero-order chi connectivity index (χ0) is 45.7. The Kier molecular flexibility index (Phi) is 21.9. The van der Waals surface area contributed by atoms with Crippen molar-refractivity contribution in [1.29, 1.82) is 0 Å². The molecule has 0 spiro atoms. The van der Waals surface area contributed by atoms with Crippen LogP contribution < -0.4 is 16.4 Å². The van der Waals surface area contributed by atoms with Gasteiger partial charge in [-0.05, 0) is 26.3 Å². The second kappa shape index (κ2) is 25.2. The molecular weight excluding hydrogens is 826 g/mol. The molecule has 0 aliphatic carbocycles. The van der Waals surface area contributed by atoms with Crippen LogP contribution in [0.3, 0.4) is 0 Å². The fourth-order valence-corrected chi connectivity index (χ4v) is 7.22. The van der Waals surface area contributed by atoms with Gasteiger partial charge in [0.2, 0.25) is 11.8 Å². The van der Waals surface area contributed by atoms with E-state index in [1.54, 1.807) is 0 Å². The topological polar surface area (TPSA) is 398 Å². The van der Waals surface area contributed by atoms with E-state index in [9.17, 15) is 60.7 Å². The highest BCUT2D eigenvalue weighted by atomic mass is 16.8. The molecule has 0 saturated carbocycles. The summed E-state index contributed by atoms with van der Waals surface area (Å²) in [6.07, 6.45) is -25.9. The van der Waals surface area contributed by atoms with Gasteiger partial charge >= 0.3 is 0 Å². The third-order valence-corrected chi connectivity index (χ3v) is 10.3. The van der Waals surface area contributed by atoms with E-state index in [0.29, 0.717) is 13.0 Å². The minimum absolute atomic E-state index is 0.186. The Balaban J connectivity index is 0.00000237. The molecule has 0 aromatic rings. The summed E-state index contributed by atoms with van der Waals surface area (Å²) in [6.45, 7) is 3.04. The van der Waals surface area contributed by atoms with Gasteiger partial charge in [0, 0.05) is 27.4 Å². The van der Waals surface area contributed by atoms with Crippen molar-refractivity contribution in [2.24, 2.45) is 5.73 Å². The van der Waals surface area contributed by atoms with Crippen LogP contribution in [0.15, 0.2) is 0 Å². The Morgan fingerprint density at radius 3 is 1.48 bits per heavy atom. The first-order valence-electron chi connectivity index (χ1n) is 20.0. The molecule has 0 aromatic heterocycles. The highest BCUT2D eigenvalue weighted by Gasteiger charge is 2.56. The fraction of sp³-hybridized carbons (Fsp3) is 0.917. The maximum absolute atomic E-state index is 12.3. The number of aliphatic hydroxyl groups is 10. The molecule has 0 aromatic carbocycles. The van der Waals surface area contributed by atoms with E-state index in [1.807, 2.05) is 0 Å². The molecule has 4 saturated heterocycles. The van der Waals surface area contributed by atoms with Crippen LogP contribution in [0.4, 0.5) is 0 Å². The summed E-state index contributed by atoms with van der Waals surface area (Å²) in [6, 6.07) is -2.80. The van der Waals surface area contributed by atoms with Crippen LogP contribution in [0.2, 0.25) is 0 Å². The molecule has 25 nitrogen and oxygen atoms in total. The average Bonchev–Trinajstić information content (AvgIpc) is 3.20. The molecule has 61 heavy (non-hydrogen) atoms. The first-order valence-corrected chi connectivity index (χ1v) is 20.0. The number of aliphatic hydroxyl groups excluding tert-OH is 10. The van der Waals surface area contributed by atoms with Crippen molar-refractivity contribution in [3.05, 3.63) is 0 Å². The maximum atomic E-state index is 12.3. The number of hydrogen-bond acceptors (Lipinski definition) is 22. The van der Waals surface area contributed by atoms with E-state index < -0.39 is 160 Å². The van der Waals surface area contributed by atoms with Gasteiger partial charge in [0.05, 0.1) is 25.9 Å². The number of carboxylic acids is 1. The molecule has 15 N–H and O–H groups in total. The minimum atomic E-state index is -1.99. The quantitative estimate of drug-likeness (QED) is 0.0569. The molecule has 25 heteroatoms. The maximum Gasteiger partial charge on any atom is 0.300 e. The van der Waals surface area contributed by atoms with Crippen LogP contribution in [0.1, 0.15) is 53.4 Å². The molecule has 4 aliphatic rings. The summed E-state index contributed by atoms with van der Waals surface area (Å²) in [7, 11) is 0. The summed E-state index contributed by atoms with van der Waals surface area (Å²) >= 11 is 0. The lowest BCUT2D eigenvalue weighted by molar-refractivity contribution is -0.377. The van der Waals surface area contributed by atoms with E-state index >= 15 is 0 Å². The molecule has 20 atom stereocenters. The first kappa shape index (κ1) is 53.0. The summed E-state index contributed by atoms with van der Waals surface area (Å²) in [5.41, 5.74) is 5.54. The van der Waals surface area contributed by atoms with E-state index in [1.165, 1.54) is 13.8 Å². The van der Waals surface area contributed by atoms with Gasteiger partial charge in [-0.2, -0.15) is 0 Å². The molecule has 0 bridgehead atoms. The van der Waals surface area contributed by atoms with Crippen molar-refractivity contribution in [1.82, 2.24) is 10.6 Å². The third kappa shape index (κ3) is 14.3. The molecule has 4 aliphatic heterocycles. The molecule has 0 unspecified atom stereocenters. The lowest BCUT2D eigenvalue weighted by Crippen LogP contribution is -2.70. The van der Waals surface area contributed by atoms with Crippen LogP contribution in [0.25, 0.3) is 0 Å². The van der Waals surface area contributed by atoms with Crippen molar-refractivity contribution < 1.29 is 108 Å². The Bertz CT molecular complexity index is 1340. The average molecular weight is 892 g/mol. The van der Waals surface area contributed by atoms with Gasteiger partial charge in [-0.3, -0.25) is 14.4 Å². The molecular formula is C36H65N3O22. The molecule has 356 valence electrons. The van der Waals surface area contributed by atoms with Gasteiger partial charge in [-0.15, -0.1) is 0 Å². The molecule has 4 fully saturated rings. The van der Waals surface area contributed by atoms with Gasteiger partial charge in [-0.1, -0.05) is 12.8 Å². The summed E-state index contributed by atoms with van der Waals surface area (Å²) in [5, 5.41) is 120. The first-order chi connectivity index (χ1) is 28.8. The zero-order valence-electron chi connectivity index (χ0n) is 34.4. The lowest BCUT2D eigenvalue weighted by Gasteiger charge is -2.50. The van der Waals surface area contributed by atoms with Gasteiger partial charge in [-0.25, -0.2) is 0 Å². The highest BCUT2D eigenvalue weighted by Crippen LogP contribution is 2.34. The third-order valence-electron chi connectivity index (χ3n) is 10.3. The second-order valence-electron chi connectivity index (χ2n) is 15.2. The summed E-state index contributed by atoms with van der Waals surface area (Å²) in [5.74, 6) is -2.11. The van der Waals surface area contributed by atoms with Crippen LogP contribution in [-0.4, -0.2) is 230 Å². The number of nitrogens with two attached hydrogens (primary N) is 1. The van der Waals surface area contributed by atoms with Crippen molar-refractivity contribution in [2.45, 2.75) is 176 Å². The largest absolute Gasteiger partial charge is 0.481 e. The number of aliphatic carboxylic acids is 1. The van der Waals surface area contributed by atoms with E-state index in [2.05, 4.69) is 10.6 Å². The van der Waals surface area contributed by atoms with Gasteiger partial charge < -0.3 is 110 Å². The number of hydrogen-bond donors (Lipinski definition) is 14. The number of unbranched alkanes of at least 4 members (excludes halogenated alkanes) is 3. The number of carbonyl (C=O) groups is 3. The van der Waals surface area contributed by atoms with Gasteiger partial charge in [0.25, 0.3) is 5.97 Å². The van der Waals surface area contributed by atoms with Crippen molar-refractivity contribution in [3.8, 4) is 0 Å². The molecule has 4 heterocycles. The predicted molar refractivity (Wildman–Crippen MR) is 200 cm³/mol. The smallest absolute Gasteiger partial charge is 0.300 e. The fourth-order valence-electron chi connectivity index (χ4n) is 7.22. The monoisotopic (exact) mass is 891 g/mol. The van der Waals surface area contributed by atoms with Crippen LogP contribution in [0.5, 0.6) is 0 Å². The second-order valence-corrected chi connectivity index (χ2v) is 15.2. The summed E-state index contributed by atoms with van der Waals surface area (Å²) < 4.78 is 46.4. The number of rotatable bonds is 18. The molecule has 4 rings (SSSR count). The number of ether oxygens (including phenoxy) is 8. The van der Waals surface area contributed by atoms with Crippen molar-refractivity contribution >= 4 is 17.8 Å². The van der Waals surface area contributed by atoms with E-state index in [0.717, 1.165) is 33.1 Å². The van der Waals surface area contributed by atoms with E-state index in [-0.39, 0.29) is 6.61 Å². The highest BCUT2D eigenvalue weighted by molar-refractivity contribution is 5.73. The van der Waals surface area contributed by atoms with Gasteiger partial charge in [0.1, 0.15) is 91.4 Å². The molecule has 0 radical (unpaired) electrons. The van der Waals surface area contributed by atoms with Crippen LogP contribution in [-0.2, 0) is 52.3 Å². The Morgan fingerprint density at radius 2 is 0.984 bits per heavy atom. The number of amides is 2. The van der Waals surface area contributed by atoms with Gasteiger partial charge in [0.15, 0.2) is 25.2 Å². The summed E-state index contributed by atoms with van der Waals surface area (Å²) in [4.78, 5) is 33.5. The van der Waals surface area contributed by atoms with Crippen molar-refractivity contribution in [3.63, 3.8) is 0 Å². The lowest BCUT2D eigenvalue weighted by atomic mass is 9.94. The SMILES string of the molecule is CC(=O)N[C@H]1[C@H](O[C@H]2[C@@H](O)[C@@H](CO)O[C@@H](O[C@H]3[C@H](O)[C@@H](NC(C)=O)[C@H](OCCCCCCN)O[C@@H]3CO)[C@@H]2O)O[C@H](CO)[C@@H](O[C@@H]2O[C@@H](C)[C@@H](O)[C@@H](O)[C@@H]2O)[C@@H]1O.CC(=O)O. The Hall–Kier alpha value is -2.35. The Morgan fingerprint density at radius 1 is 0.541 bits per heavy atom. The Labute approximate surface area is 351 Å². The number of carbonyl (C=O) groups excluding carboxylic acids is 2. The van der Waals surface area contributed by atoms with Crippen LogP contribution >= 0.6 is 0 Å². The standard InChI is InChI=1S/C34H61N3O20.C2H4O2/c1-13-21(43)25(47)26(48)33(51-13)55-29-18(12-40)54-32(20(24(29)46)37-15(3)42)57-30-22(44)16(10-38)52-34(27(30)49)56-28-17(11-39)53-31(19(23(28)45)36-14(2)41)50-9-7-5-4-6-8-35;1-2(3)4/h13,16-34,38-40,43-49H,4-12,35H2,1-3H3,(H,36,41)(H,37,42);1H3,(H,3,4)/t13-,16+,17+,18+,19+,20+,21+,22-,23+,24+,25+,26-,27+,28+,29+,30-,31+,32-,33-,34-;/m0./s1. The van der Waals surface area contributed by atoms with Crippen molar-refractivity contribution in [2.75, 3.05) is 33.0 Å².